The number of ether oxygens (including phenoxy) is 1. The minimum absolute atomic E-state index is 0.0243. The molecule has 0 spiro atoms. The Morgan fingerprint density at radius 3 is 2.58 bits per heavy atom. The van der Waals surface area contributed by atoms with Crippen molar-refractivity contribution in [1.29, 1.82) is 0 Å². The predicted molar refractivity (Wildman–Crippen MR) is 68.7 cm³/mol. The number of hydrogen-bond acceptors (Lipinski definition) is 4. The molecule has 0 aromatic carbocycles. The van der Waals surface area contributed by atoms with Crippen molar-refractivity contribution in [2.24, 2.45) is 11.8 Å². The Balaban J connectivity index is 2.05. The molecule has 2 heterocycles. The molecule has 0 aromatic rings. The summed E-state index contributed by atoms with van der Waals surface area (Å²) in [5.74, 6) is -1.35. The van der Waals surface area contributed by atoms with Crippen molar-refractivity contribution < 1.29 is 19.4 Å². The molecule has 0 bridgehead atoms. The molecule has 2 saturated heterocycles. The Kier molecular flexibility index (Phi) is 4.76. The fourth-order valence-electron chi connectivity index (χ4n) is 2.94. The molecule has 2 atom stereocenters. The lowest BCUT2D eigenvalue weighted by Crippen LogP contribution is -2.50. The highest BCUT2D eigenvalue weighted by Crippen LogP contribution is 2.24. The zero-order chi connectivity index (χ0) is 13.8. The van der Waals surface area contributed by atoms with Crippen molar-refractivity contribution in [3.05, 3.63) is 0 Å². The van der Waals surface area contributed by atoms with Gasteiger partial charge in [0, 0.05) is 12.5 Å². The van der Waals surface area contributed by atoms with Crippen LogP contribution in [-0.4, -0.2) is 60.8 Å². The van der Waals surface area contributed by atoms with Gasteiger partial charge in [0.1, 0.15) is 5.92 Å². The van der Waals surface area contributed by atoms with Gasteiger partial charge in [0.05, 0.1) is 19.3 Å². The number of carbonyl (C=O) groups excluding carboxylic acids is 1. The fraction of sp³-hybridized carbons (Fsp3) is 0.846. The summed E-state index contributed by atoms with van der Waals surface area (Å²) in [7, 11) is 0. The molecule has 1 amide bonds. The van der Waals surface area contributed by atoms with E-state index >= 15 is 0 Å². The fourth-order valence-corrected chi connectivity index (χ4v) is 2.94. The van der Waals surface area contributed by atoms with E-state index < -0.39 is 11.9 Å². The summed E-state index contributed by atoms with van der Waals surface area (Å²) in [5, 5.41) is 12.4. The molecule has 2 N–H and O–H groups in total. The van der Waals surface area contributed by atoms with Crippen LogP contribution in [-0.2, 0) is 14.3 Å². The maximum Gasteiger partial charge on any atom is 0.311 e. The Morgan fingerprint density at radius 1 is 1.32 bits per heavy atom. The van der Waals surface area contributed by atoms with Crippen LogP contribution >= 0.6 is 0 Å². The van der Waals surface area contributed by atoms with Crippen molar-refractivity contribution in [1.82, 2.24) is 10.2 Å². The second kappa shape index (κ2) is 6.34. The quantitative estimate of drug-likeness (QED) is 0.748. The lowest BCUT2D eigenvalue weighted by atomic mass is 9.94. The van der Waals surface area contributed by atoms with Crippen LogP contribution in [0.15, 0.2) is 0 Å². The number of aliphatic carboxylic acids is 1. The van der Waals surface area contributed by atoms with Crippen LogP contribution < -0.4 is 5.32 Å². The van der Waals surface area contributed by atoms with Crippen molar-refractivity contribution >= 4 is 11.9 Å². The maximum absolute atomic E-state index is 12.5. The molecule has 6 nitrogen and oxygen atoms in total. The van der Waals surface area contributed by atoms with Gasteiger partial charge in [0.25, 0.3) is 0 Å². The van der Waals surface area contributed by atoms with Gasteiger partial charge in [0.15, 0.2) is 0 Å². The standard InChI is InChI=1S/C13H22N2O4/c1-2-15(11-8-19-7-10(11)13(17)18)12(16)9-3-5-14-6-4-9/h9-11,14H,2-8H2,1H3,(H,17,18). The van der Waals surface area contributed by atoms with Crippen LogP contribution in [0.3, 0.4) is 0 Å². The second-order valence-corrected chi connectivity index (χ2v) is 5.20. The third-order valence-electron chi connectivity index (χ3n) is 4.08. The van der Waals surface area contributed by atoms with E-state index in [1.54, 1.807) is 4.90 Å². The SMILES string of the molecule is CCN(C(=O)C1CCNCC1)C1COCC1C(=O)O. The van der Waals surface area contributed by atoms with Crippen LogP contribution in [0.2, 0.25) is 0 Å². The molecule has 19 heavy (non-hydrogen) atoms. The molecule has 2 unspecified atom stereocenters. The number of carbonyl (C=O) groups is 2. The van der Waals surface area contributed by atoms with Gasteiger partial charge in [-0.15, -0.1) is 0 Å². The van der Waals surface area contributed by atoms with Crippen molar-refractivity contribution in [3.63, 3.8) is 0 Å². The number of rotatable bonds is 4. The number of nitrogens with one attached hydrogen (secondary N) is 1. The van der Waals surface area contributed by atoms with E-state index in [2.05, 4.69) is 5.32 Å². The van der Waals surface area contributed by atoms with Gasteiger partial charge in [-0.05, 0) is 32.9 Å². The number of carboxylic acids is 1. The van der Waals surface area contributed by atoms with Crippen molar-refractivity contribution in [2.75, 3.05) is 32.8 Å². The summed E-state index contributed by atoms with van der Waals surface area (Å²) in [6.45, 7) is 4.70. The highest BCUT2D eigenvalue weighted by atomic mass is 16.5. The van der Waals surface area contributed by atoms with Crippen LogP contribution in [0.1, 0.15) is 19.8 Å². The van der Waals surface area contributed by atoms with Gasteiger partial charge in [0.2, 0.25) is 5.91 Å². The molecule has 2 aliphatic rings. The normalized spacial score (nSPS) is 28.3. The maximum atomic E-state index is 12.5. The number of carboxylic acid groups (broad SMARTS) is 1. The second-order valence-electron chi connectivity index (χ2n) is 5.20. The topological polar surface area (TPSA) is 78.9 Å². The molecule has 2 rings (SSSR count). The van der Waals surface area contributed by atoms with E-state index in [0.717, 1.165) is 25.9 Å². The summed E-state index contributed by atoms with van der Waals surface area (Å²) in [4.78, 5) is 25.4. The number of piperidine rings is 1. The molecule has 0 radical (unpaired) electrons. The van der Waals surface area contributed by atoms with E-state index in [9.17, 15) is 14.7 Å². The number of hydrogen-bond donors (Lipinski definition) is 2. The molecular weight excluding hydrogens is 248 g/mol. The van der Waals surface area contributed by atoms with Gasteiger partial charge in [-0.2, -0.15) is 0 Å². The summed E-state index contributed by atoms with van der Waals surface area (Å²) in [6, 6.07) is -0.315. The Labute approximate surface area is 113 Å². The van der Waals surface area contributed by atoms with Gasteiger partial charge in [-0.3, -0.25) is 9.59 Å². The zero-order valence-corrected chi connectivity index (χ0v) is 11.3. The van der Waals surface area contributed by atoms with E-state index in [1.165, 1.54) is 0 Å². The lowest BCUT2D eigenvalue weighted by molar-refractivity contribution is -0.146. The molecule has 0 aromatic heterocycles. The van der Waals surface area contributed by atoms with Gasteiger partial charge < -0.3 is 20.1 Å². The first-order valence-corrected chi connectivity index (χ1v) is 6.97. The third-order valence-corrected chi connectivity index (χ3v) is 4.08. The molecular formula is C13H22N2O4. The summed E-state index contributed by atoms with van der Waals surface area (Å²) in [6.07, 6.45) is 1.67. The smallest absolute Gasteiger partial charge is 0.311 e. The number of likely N-dealkylation sites (N-methyl/N-ethyl adjacent to an activating group) is 1. The number of amides is 1. The molecule has 2 aliphatic heterocycles. The molecule has 6 heteroatoms. The van der Waals surface area contributed by atoms with Gasteiger partial charge in [-0.1, -0.05) is 0 Å². The highest BCUT2D eigenvalue weighted by Gasteiger charge is 2.40. The predicted octanol–water partition coefficient (Wildman–Crippen LogP) is -0.0659. The van der Waals surface area contributed by atoms with E-state index in [-0.39, 0.29) is 24.5 Å². The summed E-state index contributed by atoms with van der Waals surface area (Å²) >= 11 is 0. The molecule has 0 saturated carbocycles. The summed E-state index contributed by atoms with van der Waals surface area (Å²) < 4.78 is 5.26. The van der Waals surface area contributed by atoms with E-state index in [0.29, 0.717) is 13.2 Å². The van der Waals surface area contributed by atoms with Gasteiger partial charge in [-0.25, -0.2) is 0 Å². The van der Waals surface area contributed by atoms with E-state index in [1.807, 2.05) is 6.92 Å². The van der Waals surface area contributed by atoms with Crippen LogP contribution in [0.4, 0.5) is 0 Å². The lowest BCUT2D eigenvalue weighted by Gasteiger charge is -2.34. The minimum Gasteiger partial charge on any atom is -0.481 e. The van der Waals surface area contributed by atoms with Gasteiger partial charge >= 0.3 is 5.97 Å². The van der Waals surface area contributed by atoms with Crippen LogP contribution in [0, 0.1) is 11.8 Å². The number of nitrogens with zero attached hydrogens (tertiary/aromatic N) is 1. The highest BCUT2D eigenvalue weighted by molar-refractivity contribution is 5.80. The Hall–Kier alpha value is -1.14. The van der Waals surface area contributed by atoms with Crippen molar-refractivity contribution in [2.45, 2.75) is 25.8 Å². The van der Waals surface area contributed by atoms with Crippen molar-refractivity contribution in [3.8, 4) is 0 Å². The van der Waals surface area contributed by atoms with Crippen LogP contribution in [0.25, 0.3) is 0 Å². The Bertz CT molecular complexity index is 342. The first-order chi connectivity index (χ1) is 9.15. The average molecular weight is 270 g/mol. The average Bonchev–Trinajstić information content (AvgIpc) is 2.90. The Morgan fingerprint density at radius 2 is 2.00 bits per heavy atom. The first-order valence-electron chi connectivity index (χ1n) is 6.97. The summed E-state index contributed by atoms with van der Waals surface area (Å²) in [5.41, 5.74) is 0. The minimum atomic E-state index is -0.876. The van der Waals surface area contributed by atoms with Crippen LogP contribution in [0.5, 0.6) is 0 Å². The molecule has 2 fully saturated rings. The zero-order valence-electron chi connectivity index (χ0n) is 11.3. The molecule has 0 aliphatic carbocycles. The largest absolute Gasteiger partial charge is 0.481 e. The monoisotopic (exact) mass is 270 g/mol. The third kappa shape index (κ3) is 3.06. The molecule has 108 valence electrons. The van der Waals surface area contributed by atoms with E-state index in [4.69, 9.17) is 4.74 Å². The first kappa shape index (κ1) is 14.3.